The van der Waals surface area contributed by atoms with Gasteiger partial charge in [-0.25, -0.2) is 0 Å². The number of furan rings is 1. The molecule has 0 aliphatic rings. The Kier molecular flexibility index (Phi) is 7.16. The molecule has 3 aromatic rings. The fourth-order valence-electron chi connectivity index (χ4n) is 2.72. The Labute approximate surface area is 180 Å². The Morgan fingerprint density at radius 1 is 0.935 bits per heavy atom. The molecule has 0 aliphatic heterocycles. The first-order valence-electron chi connectivity index (χ1n) is 9.56. The molecule has 0 aliphatic carbocycles. The van der Waals surface area contributed by atoms with Crippen LogP contribution in [-0.4, -0.2) is 32.6 Å². The van der Waals surface area contributed by atoms with Gasteiger partial charge in [-0.1, -0.05) is 17.7 Å². The quantitative estimate of drug-likeness (QED) is 0.545. The van der Waals surface area contributed by atoms with E-state index in [1.807, 2.05) is 31.2 Å². The molecule has 162 valence electrons. The van der Waals surface area contributed by atoms with Gasteiger partial charge in [0.25, 0.3) is 5.91 Å². The van der Waals surface area contributed by atoms with Crippen LogP contribution in [-0.2, 0) is 11.4 Å². The third-order valence-corrected chi connectivity index (χ3v) is 4.38. The van der Waals surface area contributed by atoms with Crippen molar-refractivity contribution in [1.82, 2.24) is 5.32 Å². The summed E-state index contributed by atoms with van der Waals surface area (Å²) in [5, 5.41) is 5.20. The molecule has 0 fully saturated rings. The molecule has 0 unspecified atom stereocenters. The maximum atomic E-state index is 12.3. The van der Waals surface area contributed by atoms with E-state index in [1.54, 1.807) is 24.3 Å². The summed E-state index contributed by atoms with van der Waals surface area (Å²) in [6.07, 6.45) is 0. The van der Waals surface area contributed by atoms with Crippen LogP contribution in [0.15, 0.2) is 59.0 Å². The van der Waals surface area contributed by atoms with E-state index < -0.39 is 11.8 Å². The predicted molar refractivity (Wildman–Crippen MR) is 115 cm³/mol. The Morgan fingerprint density at radius 3 is 2.39 bits per heavy atom. The van der Waals surface area contributed by atoms with E-state index in [0.717, 1.165) is 5.56 Å². The molecule has 2 aromatic carbocycles. The standard InChI is InChI=1S/C23H24N2O6/c1-15-4-6-16(7-5-15)30-14-18-9-11-21(31-18)23(27)24-13-22(26)25-19-12-17(28-2)8-10-20(19)29-3/h4-12H,13-14H2,1-3H3,(H,24,27)(H,25,26). The molecule has 0 spiro atoms. The van der Waals surface area contributed by atoms with Crippen molar-refractivity contribution in [3.63, 3.8) is 0 Å². The van der Waals surface area contributed by atoms with Crippen molar-refractivity contribution in [3.8, 4) is 17.2 Å². The molecule has 2 amide bonds. The lowest BCUT2D eigenvalue weighted by atomic mass is 10.2. The average Bonchev–Trinajstić information content (AvgIpc) is 3.26. The molecule has 2 N–H and O–H groups in total. The third-order valence-electron chi connectivity index (χ3n) is 4.38. The minimum absolute atomic E-state index is 0.0919. The van der Waals surface area contributed by atoms with Crippen LogP contribution in [0.2, 0.25) is 0 Å². The molecule has 0 saturated heterocycles. The van der Waals surface area contributed by atoms with E-state index in [0.29, 0.717) is 28.7 Å². The normalized spacial score (nSPS) is 10.3. The van der Waals surface area contributed by atoms with E-state index in [-0.39, 0.29) is 18.9 Å². The highest BCUT2D eigenvalue weighted by molar-refractivity contribution is 5.98. The number of ether oxygens (including phenoxy) is 3. The molecule has 0 bridgehead atoms. The van der Waals surface area contributed by atoms with Crippen molar-refractivity contribution in [2.24, 2.45) is 0 Å². The number of carbonyl (C=O) groups excluding carboxylic acids is 2. The summed E-state index contributed by atoms with van der Waals surface area (Å²) in [7, 11) is 3.02. The maximum absolute atomic E-state index is 12.3. The van der Waals surface area contributed by atoms with E-state index in [9.17, 15) is 9.59 Å². The monoisotopic (exact) mass is 424 g/mol. The molecule has 1 aromatic heterocycles. The van der Waals surface area contributed by atoms with Gasteiger partial charge in [0, 0.05) is 6.07 Å². The Balaban J connectivity index is 1.50. The van der Waals surface area contributed by atoms with Gasteiger partial charge in [0.1, 0.15) is 29.6 Å². The van der Waals surface area contributed by atoms with Gasteiger partial charge in [-0.3, -0.25) is 9.59 Å². The van der Waals surface area contributed by atoms with Crippen LogP contribution in [0.1, 0.15) is 21.9 Å². The Bertz CT molecular complexity index is 1040. The average molecular weight is 424 g/mol. The molecule has 3 rings (SSSR count). The number of benzene rings is 2. The second-order valence-electron chi connectivity index (χ2n) is 6.66. The maximum Gasteiger partial charge on any atom is 0.287 e. The van der Waals surface area contributed by atoms with Crippen LogP contribution >= 0.6 is 0 Å². The Hall–Kier alpha value is -3.94. The van der Waals surface area contributed by atoms with Crippen LogP contribution in [0.4, 0.5) is 5.69 Å². The van der Waals surface area contributed by atoms with E-state index >= 15 is 0 Å². The molecule has 8 nitrogen and oxygen atoms in total. The first-order valence-corrected chi connectivity index (χ1v) is 9.56. The molecule has 31 heavy (non-hydrogen) atoms. The molecule has 0 radical (unpaired) electrons. The van der Waals surface area contributed by atoms with Gasteiger partial charge in [-0.05, 0) is 43.3 Å². The minimum Gasteiger partial charge on any atom is -0.497 e. The zero-order valence-corrected chi connectivity index (χ0v) is 17.6. The number of carbonyl (C=O) groups is 2. The molecule has 0 saturated carbocycles. The largest absolute Gasteiger partial charge is 0.497 e. The number of methoxy groups -OCH3 is 2. The lowest BCUT2D eigenvalue weighted by Crippen LogP contribution is -2.32. The predicted octanol–water partition coefficient (Wildman–Crippen LogP) is 3.55. The number of aryl methyl sites for hydroxylation is 1. The number of hydrogen-bond donors (Lipinski definition) is 2. The fourth-order valence-corrected chi connectivity index (χ4v) is 2.72. The lowest BCUT2D eigenvalue weighted by Gasteiger charge is -2.12. The van der Waals surface area contributed by atoms with Crippen molar-refractivity contribution in [1.29, 1.82) is 0 Å². The van der Waals surface area contributed by atoms with Gasteiger partial charge in [-0.2, -0.15) is 0 Å². The molecule has 1 heterocycles. The van der Waals surface area contributed by atoms with Crippen molar-refractivity contribution >= 4 is 17.5 Å². The highest BCUT2D eigenvalue weighted by atomic mass is 16.5. The first kappa shape index (κ1) is 21.8. The van der Waals surface area contributed by atoms with E-state index in [1.165, 1.54) is 20.3 Å². The van der Waals surface area contributed by atoms with E-state index in [2.05, 4.69) is 10.6 Å². The van der Waals surface area contributed by atoms with Crippen LogP contribution < -0.4 is 24.8 Å². The van der Waals surface area contributed by atoms with Gasteiger partial charge in [-0.15, -0.1) is 0 Å². The van der Waals surface area contributed by atoms with Gasteiger partial charge in [0.15, 0.2) is 5.76 Å². The zero-order valence-electron chi connectivity index (χ0n) is 17.6. The van der Waals surface area contributed by atoms with Gasteiger partial charge < -0.3 is 29.3 Å². The van der Waals surface area contributed by atoms with Crippen LogP contribution in [0, 0.1) is 6.92 Å². The Morgan fingerprint density at radius 2 is 1.68 bits per heavy atom. The molecular formula is C23H24N2O6. The van der Waals surface area contributed by atoms with Crippen LogP contribution in [0.3, 0.4) is 0 Å². The number of amides is 2. The van der Waals surface area contributed by atoms with E-state index in [4.69, 9.17) is 18.6 Å². The first-order chi connectivity index (χ1) is 15.0. The summed E-state index contributed by atoms with van der Waals surface area (Å²) in [5.41, 5.74) is 1.58. The highest BCUT2D eigenvalue weighted by Gasteiger charge is 2.14. The van der Waals surface area contributed by atoms with Crippen LogP contribution in [0.5, 0.6) is 17.2 Å². The fraction of sp³-hybridized carbons (Fsp3) is 0.217. The third kappa shape index (κ3) is 6.02. The topological polar surface area (TPSA) is 99.0 Å². The van der Waals surface area contributed by atoms with Gasteiger partial charge in [0.05, 0.1) is 26.5 Å². The highest BCUT2D eigenvalue weighted by Crippen LogP contribution is 2.28. The smallest absolute Gasteiger partial charge is 0.287 e. The summed E-state index contributed by atoms with van der Waals surface area (Å²) in [5.74, 6) is 1.41. The van der Waals surface area contributed by atoms with Crippen molar-refractivity contribution in [3.05, 3.63) is 71.7 Å². The lowest BCUT2D eigenvalue weighted by molar-refractivity contribution is -0.115. The van der Waals surface area contributed by atoms with Gasteiger partial charge in [0.2, 0.25) is 5.91 Å². The number of hydrogen-bond acceptors (Lipinski definition) is 6. The second kappa shape index (κ2) is 10.2. The molecule has 8 heteroatoms. The molecular weight excluding hydrogens is 400 g/mol. The molecule has 0 atom stereocenters. The van der Waals surface area contributed by atoms with Crippen molar-refractivity contribution < 1.29 is 28.2 Å². The van der Waals surface area contributed by atoms with Crippen molar-refractivity contribution in [2.75, 3.05) is 26.1 Å². The zero-order chi connectivity index (χ0) is 22.2. The minimum atomic E-state index is -0.505. The number of nitrogens with one attached hydrogen (secondary N) is 2. The van der Waals surface area contributed by atoms with Crippen LogP contribution in [0.25, 0.3) is 0 Å². The van der Waals surface area contributed by atoms with Gasteiger partial charge >= 0.3 is 0 Å². The SMILES string of the molecule is COc1ccc(OC)c(NC(=O)CNC(=O)c2ccc(COc3ccc(C)cc3)o2)c1. The number of anilines is 1. The summed E-state index contributed by atoms with van der Waals surface area (Å²) in [4.78, 5) is 24.5. The summed E-state index contributed by atoms with van der Waals surface area (Å²) in [6.45, 7) is 1.94. The number of rotatable bonds is 9. The summed E-state index contributed by atoms with van der Waals surface area (Å²) in [6, 6.07) is 15.8. The summed E-state index contributed by atoms with van der Waals surface area (Å²) < 4.78 is 21.5. The second-order valence-corrected chi connectivity index (χ2v) is 6.66. The summed E-state index contributed by atoms with van der Waals surface area (Å²) >= 11 is 0. The van der Waals surface area contributed by atoms with Crippen molar-refractivity contribution in [2.45, 2.75) is 13.5 Å².